The predicted molar refractivity (Wildman–Crippen MR) is 124 cm³/mol. The topological polar surface area (TPSA) is 68.2 Å². The molecule has 8 heteroatoms. The zero-order valence-corrected chi connectivity index (χ0v) is 19.7. The van der Waals surface area contributed by atoms with Crippen LogP contribution in [0.1, 0.15) is 24.1 Å². The van der Waals surface area contributed by atoms with Crippen molar-refractivity contribution in [3.63, 3.8) is 0 Å². The average molecular weight is 501 g/mol. The average Bonchev–Trinajstić information content (AvgIpc) is 3.08. The molecule has 0 unspecified atom stereocenters. The van der Waals surface area contributed by atoms with Crippen molar-refractivity contribution in [3.05, 3.63) is 75.4 Å². The van der Waals surface area contributed by atoms with Gasteiger partial charge < -0.3 is 9.47 Å². The molecule has 2 atom stereocenters. The van der Waals surface area contributed by atoms with Crippen molar-refractivity contribution in [2.75, 3.05) is 14.2 Å². The molecular weight excluding hydrogens is 480 g/mol. The number of rotatable bonds is 5. The summed E-state index contributed by atoms with van der Waals surface area (Å²) in [4.78, 5) is 32.4. The highest BCUT2D eigenvalue weighted by Crippen LogP contribution is 2.44. The Hall–Kier alpha value is -2.58. The van der Waals surface area contributed by atoms with Crippen LogP contribution in [0, 0.1) is 0 Å². The van der Waals surface area contributed by atoms with E-state index in [1.807, 2.05) is 48.5 Å². The Morgan fingerprint density at radius 3 is 2.42 bits per heavy atom. The predicted octanol–water partition coefficient (Wildman–Crippen LogP) is 4.50. The zero-order chi connectivity index (χ0) is 22.1. The van der Waals surface area contributed by atoms with Crippen molar-refractivity contribution < 1.29 is 19.1 Å². The minimum Gasteiger partial charge on any atom is -0.497 e. The van der Waals surface area contributed by atoms with Crippen molar-refractivity contribution in [1.82, 2.24) is 4.90 Å². The standard InChI is InChI=1S/C23H21BrN2O4S/c1-13-19(22(28)30-3)20(15-6-10-17(29-2)11-7-15)26-21(27)18(31-23(26)25-13)12-14-4-8-16(24)9-5-14/h4-11,18,20H,12H2,1-3H3/t18-,20-/m0/s1. The Morgan fingerprint density at radius 1 is 1.13 bits per heavy atom. The Labute approximate surface area is 193 Å². The summed E-state index contributed by atoms with van der Waals surface area (Å²) in [7, 11) is 2.93. The molecule has 1 fully saturated rings. The Bertz CT molecular complexity index is 1080. The summed E-state index contributed by atoms with van der Waals surface area (Å²) in [6.45, 7) is 1.78. The van der Waals surface area contributed by atoms with Gasteiger partial charge in [-0.3, -0.25) is 9.69 Å². The molecule has 6 nitrogen and oxygen atoms in total. The maximum atomic E-state index is 13.5. The van der Waals surface area contributed by atoms with Gasteiger partial charge in [0.05, 0.1) is 36.8 Å². The van der Waals surface area contributed by atoms with E-state index in [9.17, 15) is 9.59 Å². The number of hydrogen-bond acceptors (Lipinski definition) is 6. The molecule has 0 bridgehead atoms. The third kappa shape index (κ3) is 4.14. The molecule has 0 radical (unpaired) electrons. The SMILES string of the molecule is COC(=O)C1=C(C)N=C2S[C@@H](Cc3ccc(Br)cc3)C(=O)N2[C@H]1c1ccc(OC)cc1. The third-order valence-electron chi connectivity index (χ3n) is 5.32. The van der Waals surface area contributed by atoms with Gasteiger partial charge in [-0.2, -0.15) is 0 Å². The second kappa shape index (κ2) is 8.88. The Balaban J connectivity index is 1.72. The van der Waals surface area contributed by atoms with E-state index in [1.54, 1.807) is 18.9 Å². The van der Waals surface area contributed by atoms with E-state index >= 15 is 0 Å². The lowest BCUT2D eigenvalue weighted by Gasteiger charge is -2.32. The van der Waals surface area contributed by atoms with Crippen molar-refractivity contribution in [3.8, 4) is 5.75 Å². The molecule has 1 saturated heterocycles. The number of nitrogens with zero attached hydrogens (tertiary/aromatic N) is 2. The number of carbonyl (C=O) groups excluding carboxylic acids is 2. The maximum absolute atomic E-state index is 13.5. The number of allylic oxidation sites excluding steroid dienone is 1. The first-order valence-corrected chi connectivity index (χ1v) is 11.4. The summed E-state index contributed by atoms with van der Waals surface area (Å²) >= 11 is 4.88. The molecule has 2 heterocycles. The summed E-state index contributed by atoms with van der Waals surface area (Å²) in [5.74, 6) is 0.140. The van der Waals surface area contributed by atoms with Gasteiger partial charge in [0, 0.05) is 4.47 Å². The van der Waals surface area contributed by atoms with Gasteiger partial charge in [0.1, 0.15) is 5.75 Å². The van der Waals surface area contributed by atoms with Gasteiger partial charge in [-0.25, -0.2) is 9.79 Å². The monoisotopic (exact) mass is 500 g/mol. The normalized spacial score (nSPS) is 20.5. The van der Waals surface area contributed by atoms with Gasteiger partial charge in [0.15, 0.2) is 5.17 Å². The summed E-state index contributed by atoms with van der Waals surface area (Å²) in [6, 6.07) is 14.7. The summed E-state index contributed by atoms with van der Waals surface area (Å²) in [5.41, 5.74) is 2.79. The lowest BCUT2D eigenvalue weighted by molar-refractivity contribution is -0.137. The first-order valence-electron chi connectivity index (χ1n) is 9.68. The number of fused-ring (bicyclic) bond motifs is 1. The van der Waals surface area contributed by atoms with Crippen LogP contribution in [-0.4, -0.2) is 41.4 Å². The quantitative estimate of drug-likeness (QED) is 0.565. The van der Waals surface area contributed by atoms with Gasteiger partial charge in [-0.15, -0.1) is 0 Å². The number of amidine groups is 1. The lowest BCUT2D eigenvalue weighted by Crippen LogP contribution is -2.41. The van der Waals surface area contributed by atoms with Crippen LogP contribution in [0.5, 0.6) is 5.75 Å². The number of amides is 1. The van der Waals surface area contributed by atoms with Crippen LogP contribution in [0.2, 0.25) is 0 Å². The highest BCUT2D eigenvalue weighted by Gasteiger charge is 2.47. The number of ether oxygens (including phenoxy) is 2. The van der Waals surface area contributed by atoms with Crippen molar-refractivity contribution in [1.29, 1.82) is 0 Å². The number of benzene rings is 2. The molecule has 31 heavy (non-hydrogen) atoms. The van der Waals surface area contributed by atoms with E-state index in [2.05, 4.69) is 20.9 Å². The Kier molecular flexibility index (Phi) is 6.20. The Morgan fingerprint density at radius 2 is 1.81 bits per heavy atom. The fraction of sp³-hybridized carbons (Fsp3) is 0.261. The number of aliphatic imine (C=N–C) groups is 1. The second-order valence-electron chi connectivity index (χ2n) is 7.21. The maximum Gasteiger partial charge on any atom is 0.338 e. The van der Waals surface area contributed by atoms with Crippen LogP contribution < -0.4 is 4.74 Å². The van der Waals surface area contributed by atoms with E-state index in [-0.39, 0.29) is 11.2 Å². The molecule has 2 aliphatic rings. The van der Waals surface area contributed by atoms with E-state index in [1.165, 1.54) is 18.9 Å². The summed E-state index contributed by atoms with van der Waals surface area (Å²) in [5, 5.41) is 0.295. The number of methoxy groups -OCH3 is 2. The molecule has 0 spiro atoms. The molecular formula is C23H21BrN2O4S. The largest absolute Gasteiger partial charge is 0.497 e. The van der Waals surface area contributed by atoms with Crippen LogP contribution in [0.3, 0.4) is 0 Å². The molecule has 4 rings (SSSR count). The number of thioether (sulfide) groups is 1. The molecule has 2 aromatic carbocycles. The summed E-state index contributed by atoms with van der Waals surface area (Å²) in [6.07, 6.45) is 0.578. The van der Waals surface area contributed by atoms with Crippen LogP contribution in [0.25, 0.3) is 0 Å². The van der Waals surface area contributed by atoms with Crippen LogP contribution >= 0.6 is 27.7 Å². The first kappa shape index (κ1) is 21.6. The third-order valence-corrected chi connectivity index (χ3v) is 7.00. The van der Waals surface area contributed by atoms with E-state index < -0.39 is 12.0 Å². The lowest BCUT2D eigenvalue weighted by atomic mass is 9.94. The van der Waals surface area contributed by atoms with Crippen molar-refractivity contribution >= 4 is 44.7 Å². The van der Waals surface area contributed by atoms with Gasteiger partial charge in [0.2, 0.25) is 5.91 Å². The molecule has 2 aromatic rings. The van der Waals surface area contributed by atoms with E-state index in [0.717, 1.165) is 15.6 Å². The second-order valence-corrected chi connectivity index (χ2v) is 9.29. The van der Waals surface area contributed by atoms with Crippen molar-refractivity contribution in [2.24, 2.45) is 4.99 Å². The first-order chi connectivity index (χ1) is 14.9. The molecule has 2 aliphatic heterocycles. The number of carbonyl (C=O) groups is 2. The molecule has 0 aliphatic carbocycles. The molecule has 0 aromatic heterocycles. The molecule has 0 saturated carbocycles. The number of esters is 1. The smallest absolute Gasteiger partial charge is 0.338 e. The fourth-order valence-electron chi connectivity index (χ4n) is 3.77. The van der Waals surface area contributed by atoms with Crippen LogP contribution in [-0.2, 0) is 20.7 Å². The molecule has 1 amide bonds. The highest BCUT2D eigenvalue weighted by atomic mass is 79.9. The molecule has 0 N–H and O–H groups in total. The minimum absolute atomic E-state index is 0.0682. The fourth-order valence-corrected chi connectivity index (χ4v) is 5.27. The van der Waals surface area contributed by atoms with Crippen LogP contribution in [0.15, 0.2) is 69.3 Å². The highest BCUT2D eigenvalue weighted by molar-refractivity contribution is 9.10. The van der Waals surface area contributed by atoms with Crippen LogP contribution in [0.4, 0.5) is 0 Å². The van der Waals surface area contributed by atoms with Gasteiger partial charge in [-0.05, 0) is 48.7 Å². The van der Waals surface area contributed by atoms with Gasteiger partial charge in [0.25, 0.3) is 0 Å². The minimum atomic E-state index is -0.597. The molecule has 160 valence electrons. The number of hydrogen-bond donors (Lipinski definition) is 0. The van der Waals surface area contributed by atoms with Gasteiger partial charge in [-0.1, -0.05) is 52.0 Å². The van der Waals surface area contributed by atoms with Gasteiger partial charge >= 0.3 is 5.97 Å². The van der Waals surface area contributed by atoms with E-state index in [4.69, 9.17) is 9.47 Å². The van der Waals surface area contributed by atoms with E-state index in [0.29, 0.717) is 28.6 Å². The zero-order valence-electron chi connectivity index (χ0n) is 17.3. The van der Waals surface area contributed by atoms with Crippen molar-refractivity contribution in [2.45, 2.75) is 24.6 Å². The number of halogens is 1. The summed E-state index contributed by atoms with van der Waals surface area (Å²) < 4.78 is 11.3.